The average Bonchev–Trinajstić information content (AvgIpc) is 2.46. The molecular formula is C22H35NO2. The first-order chi connectivity index (χ1) is 11.7. The smallest absolute Gasteiger partial charge is 0.410 e. The van der Waals surface area contributed by atoms with Crippen LogP contribution in [0.2, 0.25) is 0 Å². The lowest BCUT2D eigenvalue weighted by Gasteiger charge is -2.48. The van der Waals surface area contributed by atoms with Gasteiger partial charge in [-0.2, -0.15) is 0 Å². The Labute approximate surface area is 153 Å². The second kappa shape index (κ2) is 8.25. The Balaban J connectivity index is 0.000000191. The molecule has 0 aromatic heterocycles. The number of carbonyl (C=O) groups is 1. The van der Waals surface area contributed by atoms with Crippen LogP contribution in [0.5, 0.6) is 0 Å². The maximum atomic E-state index is 11.5. The molecule has 0 N–H and O–H groups in total. The van der Waals surface area contributed by atoms with Crippen molar-refractivity contribution in [2.45, 2.75) is 77.7 Å². The molecule has 0 radical (unpaired) electrons. The lowest BCUT2D eigenvalue weighted by molar-refractivity contribution is 0.0295. The van der Waals surface area contributed by atoms with Crippen molar-refractivity contribution in [3.8, 4) is 0 Å². The fraction of sp³-hybridized carbons (Fsp3) is 0.682. The molecule has 0 heterocycles. The summed E-state index contributed by atoms with van der Waals surface area (Å²) in [4.78, 5) is 13.2. The number of ether oxygens (including phenoxy) is 1. The number of carbonyl (C=O) groups excluding carboxylic acids is 1. The van der Waals surface area contributed by atoms with Gasteiger partial charge in [-0.1, -0.05) is 38.1 Å². The van der Waals surface area contributed by atoms with Gasteiger partial charge in [0.25, 0.3) is 0 Å². The standard InChI is InChI=1S/C12H25NO2.C10H10/c1-10(2)8-7-9-13(6)11(14)15-12(3,4)5;1-2-4-8-7(3-1)9-5-6-10(8)9/h10H,7-9H2,1-6H3;1-4,9-10H,5-6H2. The Morgan fingerprint density at radius 1 is 1.16 bits per heavy atom. The van der Waals surface area contributed by atoms with E-state index in [1.165, 1.54) is 12.8 Å². The Morgan fingerprint density at radius 2 is 1.68 bits per heavy atom. The number of benzene rings is 1. The highest BCUT2D eigenvalue weighted by Crippen LogP contribution is 2.59. The zero-order chi connectivity index (χ0) is 18.6. The van der Waals surface area contributed by atoms with Gasteiger partial charge in [-0.3, -0.25) is 0 Å². The molecule has 2 atom stereocenters. The second-order valence-corrected chi connectivity index (χ2v) is 8.86. The number of hydrogen-bond donors (Lipinski definition) is 0. The fourth-order valence-corrected chi connectivity index (χ4v) is 3.50. The largest absolute Gasteiger partial charge is 0.444 e. The van der Waals surface area contributed by atoms with Crippen LogP contribution in [-0.2, 0) is 4.74 Å². The fourth-order valence-electron chi connectivity index (χ4n) is 3.50. The van der Waals surface area contributed by atoms with Gasteiger partial charge in [0.15, 0.2) is 0 Å². The predicted molar refractivity (Wildman–Crippen MR) is 104 cm³/mol. The minimum absolute atomic E-state index is 0.230. The Bertz CT molecular complexity index is 545. The van der Waals surface area contributed by atoms with Crippen molar-refractivity contribution in [3.63, 3.8) is 0 Å². The van der Waals surface area contributed by atoms with Crippen molar-refractivity contribution < 1.29 is 9.53 Å². The van der Waals surface area contributed by atoms with Gasteiger partial charge in [-0.15, -0.1) is 0 Å². The molecule has 1 fully saturated rings. The summed E-state index contributed by atoms with van der Waals surface area (Å²) in [6.07, 6.45) is 4.84. The summed E-state index contributed by atoms with van der Waals surface area (Å²) in [6, 6.07) is 8.89. The van der Waals surface area contributed by atoms with E-state index in [9.17, 15) is 4.79 Å². The van der Waals surface area contributed by atoms with Crippen LogP contribution in [-0.4, -0.2) is 30.2 Å². The van der Waals surface area contributed by atoms with Gasteiger partial charge < -0.3 is 9.64 Å². The van der Waals surface area contributed by atoms with Gasteiger partial charge in [-0.25, -0.2) is 4.79 Å². The van der Waals surface area contributed by atoms with Crippen LogP contribution in [0, 0.1) is 5.92 Å². The van der Waals surface area contributed by atoms with Crippen molar-refractivity contribution in [1.82, 2.24) is 4.90 Å². The van der Waals surface area contributed by atoms with Gasteiger partial charge in [-0.05, 0) is 75.3 Å². The van der Waals surface area contributed by atoms with Crippen LogP contribution in [0.3, 0.4) is 0 Å². The van der Waals surface area contributed by atoms with Crippen molar-refractivity contribution in [2.75, 3.05) is 13.6 Å². The van der Waals surface area contributed by atoms with Gasteiger partial charge in [0.2, 0.25) is 0 Å². The van der Waals surface area contributed by atoms with Crippen LogP contribution in [0.15, 0.2) is 24.3 Å². The van der Waals surface area contributed by atoms with E-state index in [2.05, 4.69) is 38.1 Å². The summed E-state index contributed by atoms with van der Waals surface area (Å²) >= 11 is 0. The lowest BCUT2D eigenvalue weighted by Crippen LogP contribution is -2.34. The molecule has 3 heteroatoms. The molecule has 0 spiro atoms. The molecule has 3 nitrogen and oxygen atoms in total. The zero-order valence-corrected chi connectivity index (χ0v) is 16.8. The highest BCUT2D eigenvalue weighted by molar-refractivity contribution is 5.67. The van der Waals surface area contributed by atoms with E-state index in [0.29, 0.717) is 5.92 Å². The van der Waals surface area contributed by atoms with Crippen LogP contribution >= 0.6 is 0 Å². The van der Waals surface area contributed by atoms with Crippen molar-refractivity contribution in [2.24, 2.45) is 5.92 Å². The van der Waals surface area contributed by atoms with E-state index in [4.69, 9.17) is 4.74 Å². The summed E-state index contributed by atoms with van der Waals surface area (Å²) < 4.78 is 5.24. The predicted octanol–water partition coefficient (Wildman–Crippen LogP) is 5.95. The maximum absolute atomic E-state index is 11.5. The molecule has 3 rings (SSSR count). The summed E-state index contributed by atoms with van der Waals surface area (Å²) in [6.45, 7) is 10.8. The molecule has 1 aromatic carbocycles. The minimum Gasteiger partial charge on any atom is -0.444 e. The molecule has 2 unspecified atom stereocenters. The number of amides is 1. The summed E-state index contributed by atoms with van der Waals surface area (Å²) in [5.74, 6) is 2.63. The van der Waals surface area contributed by atoms with Crippen LogP contribution in [0.4, 0.5) is 4.79 Å². The molecule has 25 heavy (non-hydrogen) atoms. The molecule has 0 aliphatic heterocycles. The number of nitrogens with zero attached hydrogens (tertiary/aromatic N) is 1. The van der Waals surface area contributed by atoms with Gasteiger partial charge in [0.1, 0.15) is 5.60 Å². The van der Waals surface area contributed by atoms with Gasteiger partial charge in [0, 0.05) is 13.6 Å². The Morgan fingerprint density at radius 3 is 2.08 bits per heavy atom. The van der Waals surface area contributed by atoms with E-state index in [1.807, 2.05) is 20.8 Å². The molecule has 2 aliphatic rings. The summed E-state index contributed by atoms with van der Waals surface area (Å²) in [5.41, 5.74) is 2.88. The Hall–Kier alpha value is -1.51. The third-order valence-corrected chi connectivity index (χ3v) is 5.05. The van der Waals surface area contributed by atoms with Crippen LogP contribution < -0.4 is 0 Å². The third kappa shape index (κ3) is 5.49. The first-order valence-electron chi connectivity index (χ1n) is 9.72. The lowest BCUT2D eigenvalue weighted by atomic mass is 9.56. The molecule has 2 aliphatic carbocycles. The average molecular weight is 346 g/mol. The number of rotatable bonds is 4. The van der Waals surface area contributed by atoms with E-state index in [1.54, 1.807) is 23.1 Å². The first-order valence-corrected chi connectivity index (χ1v) is 9.72. The monoisotopic (exact) mass is 345 g/mol. The quantitative estimate of drug-likeness (QED) is 0.674. The van der Waals surface area contributed by atoms with E-state index in [-0.39, 0.29) is 6.09 Å². The molecule has 1 aromatic rings. The number of fused-ring (bicyclic) bond motifs is 4. The summed E-state index contributed by atoms with van der Waals surface area (Å²) in [7, 11) is 1.79. The van der Waals surface area contributed by atoms with Crippen molar-refractivity contribution in [3.05, 3.63) is 35.4 Å². The minimum atomic E-state index is -0.399. The van der Waals surface area contributed by atoms with E-state index in [0.717, 1.165) is 31.2 Å². The van der Waals surface area contributed by atoms with E-state index < -0.39 is 5.60 Å². The normalized spacial score (nSPS) is 20.3. The second-order valence-electron chi connectivity index (χ2n) is 8.86. The third-order valence-electron chi connectivity index (χ3n) is 5.05. The first kappa shape index (κ1) is 19.8. The van der Waals surface area contributed by atoms with Crippen molar-refractivity contribution in [1.29, 1.82) is 0 Å². The highest BCUT2D eigenvalue weighted by atomic mass is 16.6. The molecule has 1 amide bonds. The topological polar surface area (TPSA) is 29.5 Å². The maximum Gasteiger partial charge on any atom is 0.410 e. The van der Waals surface area contributed by atoms with Crippen molar-refractivity contribution >= 4 is 6.09 Å². The molecule has 0 bridgehead atoms. The highest BCUT2D eigenvalue weighted by Gasteiger charge is 2.43. The van der Waals surface area contributed by atoms with Gasteiger partial charge in [0.05, 0.1) is 0 Å². The zero-order valence-electron chi connectivity index (χ0n) is 16.8. The number of hydrogen-bond acceptors (Lipinski definition) is 2. The SMILES string of the molecule is CC(C)CCCN(C)C(=O)OC(C)(C)C.c1ccc2c(c1)C1CCC21. The summed E-state index contributed by atoms with van der Waals surface area (Å²) in [5, 5.41) is 0. The van der Waals surface area contributed by atoms with Gasteiger partial charge >= 0.3 is 6.09 Å². The van der Waals surface area contributed by atoms with E-state index >= 15 is 0 Å². The molecule has 0 saturated heterocycles. The Kier molecular flexibility index (Phi) is 6.53. The van der Waals surface area contributed by atoms with Crippen LogP contribution in [0.1, 0.15) is 83.3 Å². The molecular weight excluding hydrogens is 310 g/mol. The molecule has 140 valence electrons. The van der Waals surface area contributed by atoms with Crippen LogP contribution in [0.25, 0.3) is 0 Å². The molecule has 1 saturated carbocycles.